The molecule has 2 heterocycles. The second-order valence-corrected chi connectivity index (χ2v) is 7.42. The number of allylic oxidation sites excluding steroid dienone is 1. The van der Waals surface area contributed by atoms with Gasteiger partial charge in [-0.1, -0.05) is 6.92 Å². The summed E-state index contributed by atoms with van der Waals surface area (Å²) in [5, 5.41) is 0. The van der Waals surface area contributed by atoms with Crippen LogP contribution < -0.4 is 0 Å². The molecule has 0 aromatic heterocycles. The van der Waals surface area contributed by atoms with Gasteiger partial charge in [0.05, 0.1) is 0 Å². The van der Waals surface area contributed by atoms with Gasteiger partial charge in [-0.15, -0.1) is 0 Å². The molecule has 4 rings (SSSR count). The zero-order chi connectivity index (χ0) is 13.9. The lowest BCUT2D eigenvalue weighted by Gasteiger charge is -2.55. The van der Waals surface area contributed by atoms with Crippen LogP contribution in [0.25, 0.3) is 0 Å². The summed E-state index contributed by atoms with van der Waals surface area (Å²) in [6, 6.07) is 0.997. The van der Waals surface area contributed by atoms with Gasteiger partial charge in [0.1, 0.15) is 5.78 Å². The average molecular weight is 273 g/mol. The van der Waals surface area contributed by atoms with Gasteiger partial charge in [0.2, 0.25) is 0 Å². The Morgan fingerprint density at radius 3 is 2.90 bits per heavy atom. The van der Waals surface area contributed by atoms with Gasteiger partial charge in [-0.3, -0.25) is 9.59 Å². The van der Waals surface area contributed by atoms with Gasteiger partial charge in [0.15, 0.2) is 5.78 Å². The molecule has 1 unspecified atom stereocenters. The van der Waals surface area contributed by atoms with Crippen molar-refractivity contribution in [3.05, 3.63) is 12.3 Å². The molecular formula is C17H23NO2. The monoisotopic (exact) mass is 273 g/mol. The van der Waals surface area contributed by atoms with Gasteiger partial charge >= 0.3 is 0 Å². The first-order valence-corrected chi connectivity index (χ1v) is 8.11. The SMILES string of the molecule is C[C@]12CC[C@H]3[C@@H](CCC4CC(=O)C=CN43)[C@@H]1CCC2=O. The number of hydrogen-bond acceptors (Lipinski definition) is 3. The lowest BCUT2D eigenvalue weighted by atomic mass is 9.59. The summed E-state index contributed by atoms with van der Waals surface area (Å²) in [5.41, 5.74) is -0.0384. The first kappa shape index (κ1) is 12.6. The minimum Gasteiger partial charge on any atom is -0.371 e. The molecule has 0 aromatic carbocycles. The summed E-state index contributed by atoms with van der Waals surface area (Å²) in [5.74, 6) is 2.03. The fourth-order valence-corrected chi connectivity index (χ4v) is 5.52. The predicted octanol–water partition coefficient (Wildman–Crippen LogP) is 2.70. The standard InChI is InChI=1S/C17H23NO2/c1-17-8-6-15-13(14(17)4-5-16(17)20)3-2-11-10-12(19)7-9-18(11)15/h7,9,11,13-15H,2-6,8,10H2,1H3/t11?,13-,14-,15-,17-/m0/s1. The highest BCUT2D eigenvalue weighted by molar-refractivity contribution is 5.91. The maximum absolute atomic E-state index is 12.3. The van der Waals surface area contributed by atoms with Crippen molar-refractivity contribution in [2.75, 3.05) is 0 Å². The lowest BCUT2D eigenvalue weighted by Crippen LogP contribution is -2.56. The van der Waals surface area contributed by atoms with Crippen LogP contribution in [0.1, 0.15) is 51.9 Å². The summed E-state index contributed by atoms with van der Waals surface area (Å²) in [6.45, 7) is 2.21. The van der Waals surface area contributed by atoms with Crippen molar-refractivity contribution in [2.45, 2.75) is 64.0 Å². The number of ketones is 2. The van der Waals surface area contributed by atoms with E-state index in [1.54, 1.807) is 6.08 Å². The number of fused-ring (bicyclic) bond motifs is 5. The smallest absolute Gasteiger partial charge is 0.159 e. The largest absolute Gasteiger partial charge is 0.371 e. The Kier molecular flexibility index (Phi) is 2.64. The molecular weight excluding hydrogens is 250 g/mol. The molecule has 0 spiro atoms. The number of carbonyl (C=O) groups is 2. The number of piperidine rings is 1. The van der Waals surface area contributed by atoms with Crippen molar-refractivity contribution in [1.82, 2.24) is 4.90 Å². The fraction of sp³-hybridized carbons (Fsp3) is 0.765. The van der Waals surface area contributed by atoms with E-state index in [1.165, 1.54) is 6.42 Å². The first-order valence-electron chi connectivity index (χ1n) is 8.11. The quantitative estimate of drug-likeness (QED) is 0.681. The highest BCUT2D eigenvalue weighted by atomic mass is 16.1. The van der Waals surface area contributed by atoms with E-state index in [2.05, 4.69) is 11.8 Å². The van der Waals surface area contributed by atoms with E-state index in [9.17, 15) is 9.59 Å². The molecule has 3 heteroatoms. The third-order valence-electron chi connectivity index (χ3n) is 6.62. The van der Waals surface area contributed by atoms with Crippen LogP contribution in [0.4, 0.5) is 0 Å². The van der Waals surface area contributed by atoms with E-state index in [0.29, 0.717) is 36.1 Å². The molecule has 4 aliphatic rings. The third-order valence-corrected chi connectivity index (χ3v) is 6.62. The molecule has 0 radical (unpaired) electrons. The Bertz CT molecular complexity index is 497. The van der Waals surface area contributed by atoms with Gasteiger partial charge < -0.3 is 4.90 Å². The molecule has 5 atom stereocenters. The highest BCUT2D eigenvalue weighted by Crippen LogP contribution is 2.56. The van der Waals surface area contributed by atoms with Crippen LogP contribution in [-0.4, -0.2) is 28.6 Å². The van der Waals surface area contributed by atoms with E-state index in [4.69, 9.17) is 0 Å². The number of hydrogen-bond donors (Lipinski definition) is 0. The normalized spacial score (nSPS) is 47.0. The molecule has 1 saturated heterocycles. The zero-order valence-electron chi connectivity index (χ0n) is 12.2. The zero-order valence-corrected chi connectivity index (χ0v) is 12.2. The van der Waals surface area contributed by atoms with Crippen LogP contribution in [-0.2, 0) is 9.59 Å². The Labute approximate surface area is 120 Å². The summed E-state index contributed by atoms with van der Waals surface area (Å²) >= 11 is 0. The summed E-state index contributed by atoms with van der Waals surface area (Å²) in [4.78, 5) is 26.3. The molecule has 2 saturated carbocycles. The van der Waals surface area contributed by atoms with E-state index < -0.39 is 0 Å². The molecule has 108 valence electrons. The molecule has 3 nitrogen and oxygen atoms in total. The van der Waals surface area contributed by atoms with Crippen molar-refractivity contribution in [2.24, 2.45) is 17.3 Å². The maximum atomic E-state index is 12.3. The topological polar surface area (TPSA) is 37.4 Å². The summed E-state index contributed by atoms with van der Waals surface area (Å²) in [6.07, 6.45) is 10.9. The average Bonchev–Trinajstić information content (AvgIpc) is 2.74. The fourth-order valence-electron chi connectivity index (χ4n) is 5.52. The van der Waals surface area contributed by atoms with Gasteiger partial charge in [0, 0.05) is 36.5 Å². The van der Waals surface area contributed by atoms with E-state index in [0.717, 1.165) is 32.1 Å². The molecule has 2 aliphatic heterocycles. The van der Waals surface area contributed by atoms with Crippen molar-refractivity contribution >= 4 is 11.6 Å². The second-order valence-electron chi connectivity index (χ2n) is 7.42. The maximum Gasteiger partial charge on any atom is 0.159 e. The number of nitrogens with zero attached hydrogens (tertiary/aromatic N) is 1. The first-order chi connectivity index (χ1) is 9.59. The van der Waals surface area contributed by atoms with Gasteiger partial charge in [-0.25, -0.2) is 0 Å². The van der Waals surface area contributed by atoms with Crippen LogP contribution in [0.5, 0.6) is 0 Å². The molecule has 0 amide bonds. The number of Topliss-reactive ketones (excluding diaryl/α,β-unsaturated/α-hetero) is 1. The van der Waals surface area contributed by atoms with Crippen molar-refractivity contribution in [1.29, 1.82) is 0 Å². The predicted molar refractivity (Wildman–Crippen MR) is 76.0 cm³/mol. The Hall–Kier alpha value is -1.12. The highest BCUT2D eigenvalue weighted by Gasteiger charge is 2.56. The van der Waals surface area contributed by atoms with Crippen molar-refractivity contribution < 1.29 is 9.59 Å². The number of rotatable bonds is 0. The molecule has 0 aromatic rings. The second kappa shape index (κ2) is 4.19. The van der Waals surface area contributed by atoms with Crippen LogP contribution in [0.15, 0.2) is 12.3 Å². The third kappa shape index (κ3) is 1.58. The molecule has 0 bridgehead atoms. The Morgan fingerprint density at radius 1 is 1.20 bits per heavy atom. The molecule has 2 aliphatic carbocycles. The van der Waals surface area contributed by atoms with Crippen molar-refractivity contribution in [3.8, 4) is 0 Å². The van der Waals surface area contributed by atoms with Gasteiger partial charge in [0.25, 0.3) is 0 Å². The summed E-state index contributed by atoms with van der Waals surface area (Å²) in [7, 11) is 0. The van der Waals surface area contributed by atoms with Crippen LogP contribution in [0.2, 0.25) is 0 Å². The minimum atomic E-state index is -0.0384. The van der Waals surface area contributed by atoms with E-state index in [-0.39, 0.29) is 11.2 Å². The van der Waals surface area contributed by atoms with E-state index >= 15 is 0 Å². The molecule has 0 N–H and O–H groups in total. The van der Waals surface area contributed by atoms with Crippen LogP contribution in [0, 0.1) is 17.3 Å². The van der Waals surface area contributed by atoms with Crippen LogP contribution in [0.3, 0.4) is 0 Å². The van der Waals surface area contributed by atoms with Gasteiger partial charge in [-0.2, -0.15) is 0 Å². The number of carbonyl (C=O) groups excluding carboxylic acids is 2. The van der Waals surface area contributed by atoms with Gasteiger partial charge in [-0.05, 0) is 50.0 Å². The lowest BCUT2D eigenvalue weighted by molar-refractivity contribution is -0.132. The van der Waals surface area contributed by atoms with E-state index in [1.807, 2.05) is 6.20 Å². The summed E-state index contributed by atoms with van der Waals surface area (Å²) < 4.78 is 0. The van der Waals surface area contributed by atoms with Crippen LogP contribution >= 0.6 is 0 Å². The Balaban J connectivity index is 1.64. The molecule has 20 heavy (non-hydrogen) atoms. The van der Waals surface area contributed by atoms with Crippen molar-refractivity contribution in [3.63, 3.8) is 0 Å². The molecule has 3 fully saturated rings. The minimum absolute atomic E-state index is 0.0384. The Morgan fingerprint density at radius 2 is 2.05 bits per heavy atom.